The molecule has 1 saturated heterocycles. The molecule has 2 radical (unpaired) electrons. The number of carbonyl (C=O) groups is 1. The van der Waals surface area contributed by atoms with Crippen molar-refractivity contribution in [3.63, 3.8) is 0 Å². The van der Waals surface area contributed by atoms with Gasteiger partial charge in [0.2, 0.25) is 5.91 Å². The molecular formula is C7H12N2O. The van der Waals surface area contributed by atoms with Crippen LogP contribution in [0.5, 0.6) is 0 Å². The number of nitrogens with zero attached hydrogens (tertiary/aromatic N) is 2. The number of hydrogen-bond acceptors (Lipinski definition) is 1. The Morgan fingerprint density at radius 3 is 2.70 bits per heavy atom. The van der Waals surface area contributed by atoms with E-state index < -0.39 is 5.54 Å². The van der Waals surface area contributed by atoms with Crippen LogP contribution in [0, 0.1) is 0 Å². The van der Waals surface area contributed by atoms with Crippen LogP contribution in [0.25, 0.3) is 0 Å². The topological polar surface area (TPSA) is 42.6 Å². The van der Waals surface area contributed by atoms with Crippen LogP contribution in [0.2, 0.25) is 0 Å². The third-order valence-corrected chi connectivity index (χ3v) is 1.96. The molecule has 0 bridgehead atoms. The molecule has 0 spiro atoms. The van der Waals surface area contributed by atoms with E-state index in [-0.39, 0.29) is 5.91 Å². The number of carbonyl (C=O) groups excluding carboxylic acids is 1. The molecule has 3 nitrogen and oxygen atoms in total. The van der Waals surface area contributed by atoms with Crippen molar-refractivity contribution in [2.45, 2.75) is 25.3 Å². The lowest BCUT2D eigenvalue weighted by Gasteiger charge is -2.32. The average molecular weight is 140 g/mol. The summed E-state index contributed by atoms with van der Waals surface area (Å²) in [5.74, 6) is -0.154. The fourth-order valence-electron chi connectivity index (χ4n) is 1.28. The first-order chi connectivity index (χ1) is 4.54. The predicted octanol–water partition coefficient (Wildman–Crippen LogP) is 0.0660. The van der Waals surface area contributed by atoms with Crippen LogP contribution in [-0.2, 0) is 4.79 Å². The second-order valence-corrected chi connectivity index (χ2v) is 3.10. The fraction of sp³-hybridized carbons (Fsp3) is 0.857. The Morgan fingerprint density at radius 2 is 2.30 bits per heavy atom. The maximum Gasteiger partial charge on any atom is 0.245 e. The SMILES string of the molecule is CN1CCCC(C)([N])C1=O. The molecule has 0 N–H and O–H groups in total. The number of likely N-dealkylation sites (tertiary alicyclic amines) is 1. The number of piperidine rings is 1. The predicted molar refractivity (Wildman–Crippen MR) is 37.4 cm³/mol. The van der Waals surface area contributed by atoms with Crippen molar-refractivity contribution < 1.29 is 4.79 Å². The van der Waals surface area contributed by atoms with Gasteiger partial charge in [-0.05, 0) is 19.8 Å². The monoisotopic (exact) mass is 140 g/mol. The summed E-state index contributed by atoms with van der Waals surface area (Å²) in [4.78, 5) is 12.7. The van der Waals surface area contributed by atoms with Gasteiger partial charge in [-0.1, -0.05) is 0 Å². The van der Waals surface area contributed by atoms with Crippen LogP contribution in [0.15, 0.2) is 0 Å². The minimum atomic E-state index is -1.10. The first-order valence-corrected chi connectivity index (χ1v) is 3.52. The van der Waals surface area contributed by atoms with E-state index in [1.807, 2.05) is 0 Å². The molecule has 1 atom stereocenters. The van der Waals surface area contributed by atoms with Gasteiger partial charge in [-0.25, -0.2) is 0 Å². The summed E-state index contributed by atoms with van der Waals surface area (Å²) in [6.45, 7) is 2.35. The lowest BCUT2D eigenvalue weighted by molar-refractivity contribution is -0.138. The van der Waals surface area contributed by atoms with Crippen molar-refractivity contribution in [2.24, 2.45) is 0 Å². The van der Waals surface area contributed by atoms with Gasteiger partial charge in [-0.3, -0.25) is 4.79 Å². The van der Waals surface area contributed by atoms with E-state index in [2.05, 4.69) is 0 Å². The number of hydrogen-bond donors (Lipinski definition) is 0. The molecule has 1 aliphatic rings. The van der Waals surface area contributed by atoms with Gasteiger partial charge in [0.15, 0.2) is 0 Å². The van der Waals surface area contributed by atoms with Gasteiger partial charge in [-0.2, -0.15) is 0 Å². The van der Waals surface area contributed by atoms with Crippen molar-refractivity contribution in [3.05, 3.63) is 0 Å². The summed E-state index contributed by atoms with van der Waals surface area (Å²) in [6, 6.07) is 0. The highest BCUT2D eigenvalue weighted by molar-refractivity contribution is 5.85. The molecule has 1 amide bonds. The number of likely N-dealkylation sites (N-methyl/N-ethyl adjacent to an activating group) is 1. The first-order valence-electron chi connectivity index (χ1n) is 3.52. The number of rotatable bonds is 0. The molecule has 3 heteroatoms. The maximum atomic E-state index is 11.1. The van der Waals surface area contributed by atoms with E-state index >= 15 is 0 Å². The Morgan fingerprint density at radius 1 is 1.70 bits per heavy atom. The molecular weight excluding hydrogens is 128 g/mol. The van der Waals surface area contributed by atoms with Gasteiger partial charge < -0.3 is 4.90 Å². The van der Waals surface area contributed by atoms with Gasteiger partial charge in [-0.15, -0.1) is 5.73 Å². The second-order valence-electron chi connectivity index (χ2n) is 3.10. The lowest BCUT2D eigenvalue weighted by atomic mass is 9.92. The molecule has 0 aromatic heterocycles. The first kappa shape index (κ1) is 7.54. The molecule has 0 aromatic carbocycles. The van der Waals surface area contributed by atoms with Crippen LogP contribution in [-0.4, -0.2) is 29.9 Å². The van der Waals surface area contributed by atoms with Crippen LogP contribution in [0.1, 0.15) is 19.8 Å². The molecule has 1 rings (SSSR count). The summed E-state index contributed by atoms with van der Waals surface area (Å²) in [5.41, 5.74) is 8.32. The summed E-state index contributed by atoms with van der Waals surface area (Å²) >= 11 is 0. The normalized spacial score (nSPS) is 34.7. The third kappa shape index (κ3) is 1.14. The zero-order valence-electron chi connectivity index (χ0n) is 6.42. The minimum absolute atomic E-state index is 0.154. The molecule has 1 aliphatic heterocycles. The van der Waals surface area contributed by atoms with E-state index in [1.54, 1.807) is 18.9 Å². The summed E-state index contributed by atoms with van der Waals surface area (Å²) in [6.07, 6.45) is 1.49. The highest BCUT2D eigenvalue weighted by Gasteiger charge is 2.36. The highest BCUT2D eigenvalue weighted by atomic mass is 16.2. The molecule has 0 saturated carbocycles. The molecule has 0 aliphatic carbocycles. The molecule has 56 valence electrons. The van der Waals surface area contributed by atoms with Gasteiger partial charge in [0.1, 0.15) is 5.54 Å². The molecule has 10 heavy (non-hydrogen) atoms. The molecule has 0 aromatic rings. The van der Waals surface area contributed by atoms with Crippen molar-refractivity contribution in [1.82, 2.24) is 10.6 Å². The number of amides is 1. The van der Waals surface area contributed by atoms with Crippen LogP contribution >= 0.6 is 0 Å². The Kier molecular flexibility index (Phi) is 1.68. The Labute approximate surface area is 61.2 Å². The van der Waals surface area contributed by atoms with E-state index in [4.69, 9.17) is 0 Å². The van der Waals surface area contributed by atoms with Gasteiger partial charge in [0, 0.05) is 13.6 Å². The highest BCUT2D eigenvalue weighted by Crippen LogP contribution is 2.19. The summed E-state index contributed by atoms with van der Waals surface area (Å²) in [5, 5.41) is 0. The Hall–Kier alpha value is -0.570. The van der Waals surface area contributed by atoms with Gasteiger partial charge in [0.25, 0.3) is 0 Å². The third-order valence-electron chi connectivity index (χ3n) is 1.96. The van der Waals surface area contributed by atoms with Crippen molar-refractivity contribution >= 4 is 5.91 Å². The van der Waals surface area contributed by atoms with E-state index in [0.717, 1.165) is 13.0 Å². The minimum Gasteiger partial charge on any atom is -0.344 e. The van der Waals surface area contributed by atoms with E-state index in [0.29, 0.717) is 6.42 Å². The fourth-order valence-corrected chi connectivity index (χ4v) is 1.28. The smallest absolute Gasteiger partial charge is 0.245 e. The summed E-state index contributed by atoms with van der Waals surface area (Å²) < 4.78 is 0. The lowest BCUT2D eigenvalue weighted by Crippen LogP contribution is -2.50. The average Bonchev–Trinajstić information content (AvgIpc) is 1.83. The van der Waals surface area contributed by atoms with E-state index in [9.17, 15) is 10.5 Å². The molecule has 1 heterocycles. The zero-order chi connectivity index (χ0) is 7.78. The largest absolute Gasteiger partial charge is 0.344 e. The van der Waals surface area contributed by atoms with Crippen LogP contribution in [0.4, 0.5) is 0 Å². The Balaban J connectivity index is 2.70. The van der Waals surface area contributed by atoms with Crippen molar-refractivity contribution in [3.8, 4) is 0 Å². The second kappa shape index (κ2) is 2.23. The zero-order valence-corrected chi connectivity index (χ0v) is 6.42. The molecule has 1 unspecified atom stereocenters. The maximum absolute atomic E-state index is 11.1. The van der Waals surface area contributed by atoms with E-state index in [1.165, 1.54) is 0 Å². The Bertz CT molecular complexity index is 154. The van der Waals surface area contributed by atoms with Crippen molar-refractivity contribution in [2.75, 3.05) is 13.6 Å². The van der Waals surface area contributed by atoms with Gasteiger partial charge >= 0.3 is 0 Å². The quantitative estimate of drug-likeness (QED) is 0.469. The molecule has 1 fully saturated rings. The standard InChI is InChI=1S/C7H12N2O/c1-7(8)4-3-5-9(2)6(7)10/h3-5H2,1-2H3. The van der Waals surface area contributed by atoms with Crippen LogP contribution in [0.3, 0.4) is 0 Å². The van der Waals surface area contributed by atoms with Crippen LogP contribution < -0.4 is 5.73 Å². The van der Waals surface area contributed by atoms with Crippen molar-refractivity contribution in [1.29, 1.82) is 0 Å². The summed E-state index contributed by atoms with van der Waals surface area (Å²) in [7, 11) is 1.72. The van der Waals surface area contributed by atoms with Gasteiger partial charge in [0.05, 0.1) is 0 Å².